The fourth-order valence-electron chi connectivity index (χ4n) is 3.02. The average molecular weight is 403 g/mol. The van der Waals surface area contributed by atoms with Crippen molar-refractivity contribution in [2.75, 3.05) is 26.2 Å². The minimum Gasteiger partial charge on any atom is -0.493 e. The second kappa shape index (κ2) is 12.3. The van der Waals surface area contributed by atoms with Crippen LogP contribution in [0.1, 0.15) is 65.0 Å². The maximum absolute atomic E-state index is 11.8. The number of carbonyl (C=O) groups is 1. The normalized spacial score (nSPS) is 15.6. The second-order valence-electron chi connectivity index (χ2n) is 8.17. The van der Waals surface area contributed by atoms with Gasteiger partial charge in [-0.15, -0.1) is 0 Å². The number of rotatable bonds is 11. The van der Waals surface area contributed by atoms with Crippen molar-refractivity contribution < 1.29 is 9.53 Å². The standard InChI is InChI=1S/C23H38N4O2/c1-5-24-23(26-15-7-14-25-22(28)20-8-6-9-20)27-18(4)19-10-12-21(13-11-19)29-16-17(2)3/h10-13,17-18,20H,5-9,14-16H2,1-4H3,(H,25,28)(H2,24,26,27). The Morgan fingerprint density at radius 3 is 2.48 bits per heavy atom. The number of carbonyl (C=O) groups excluding carboxylic acids is 1. The van der Waals surface area contributed by atoms with Crippen LogP contribution < -0.4 is 20.7 Å². The van der Waals surface area contributed by atoms with E-state index >= 15 is 0 Å². The summed E-state index contributed by atoms with van der Waals surface area (Å²) in [6.07, 6.45) is 4.11. The highest BCUT2D eigenvalue weighted by molar-refractivity contribution is 5.80. The van der Waals surface area contributed by atoms with Gasteiger partial charge in [-0.05, 0) is 56.7 Å². The molecule has 0 aliphatic heterocycles. The molecule has 1 aromatic carbocycles. The Bertz CT molecular complexity index is 639. The lowest BCUT2D eigenvalue weighted by molar-refractivity contribution is -0.127. The number of nitrogens with zero attached hydrogens (tertiary/aromatic N) is 1. The van der Waals surface area contributed by atoms with Crippen LogP contribution in [0.5, 0.6) is 5.75 Å². The number of hydrogen-bond donors (Lipinski definition) is 3. The smallest absolute Gasteiger partial charge is 0.223 e. The van der Waals surface area contributed by atoms with Gasteiger partial charge in [-0.3, -0.25) is 9.79 Å². The Morgan fingerprint density at radius 2 is 1.90 bits per heavy atom. The van der Waals surface area contributed by atoms with E-state index in [1.165, 1.54) is 12.0 Å². The molecule has 0 bridgehead atoms. The molecule has 1 unspecified atom stereocenters. The third-order valence-electron chi connectivity index (χ3n) is 5.04. The van der Waals surface area contributed by atoms with Crippen molar-refractivity contribution in [2.45, 2.75) is 59.4 Å². The van der Waals surface area contributed by atoms with Gasteiger partial charge in [0.1, 0.15) is 5.75 Å². The largest absolute Gasteiger partial charge is 0.493 e. The number of benzene rings is 1. The van der Waals surface area contributed by atoms with Crippen molar-refractivity contribution in [3.63, 3.8) is 0 Å². The molecule has 1 aliphatic carbocycles. The molecule has 0 aromatic heterocycles. The molecule has 1 aliphatic rings. The summed E-state index contributed by atoms with van der Waals surface area (Å²) in [4.78, 5) is 16.5. The van der Waals surface area contributed by atoms with E-state index < -0.39 is 0 Å². The minimum absolute atomic E-state index is 0.130. The first-order valence-corrected chi connectivity index (χ1v) is 11.0. The molecule has 6 heteroatoms. The molecule has 1 saturated carbocycles. The molecular formula is C23H38N4O2. The monoisotopic (exact) mass is 402 g/mol. The summed E-state index contributed by atoms with van der Waals surface area (Å²) >= 11 is 0. The molecule has 162 valence electrons. The van der Waals surface area contributed by atoms with Crippen LogP contribution >= 0.6 is 0 Å². The molecule has 0 radical (unpaired) electrons. The van der Waals surface area contributed by atoms with Gasteiger partial charge in [-0.2, -0.15) is 0 Å². The van der Waals surface area contributed by atoms with Crippen LogP contribution in [0, 0.1) is 11.8 Å². The summed E-state index contributed by atoms with van der Waals surface area (Å²) in [5, 5.41) is 9.76. The summed E-state index contributed by atoms with van der Waals surface area (Å²) in [6, 6.07) is 8.35. The molecule has 0 saturated heterocycles. The predicted molar refractivity (Wildman–Crippen MR) is 119 cm³/mol. The van der Waals surface area contributed by atoms with Crippen LogP contribution in [-0.2, 0) is 4.79 Å². The van der Waals surface area contributed by atoms with Gasteiger partial charge in [0.2, 0.25) is 5.91 Å². The summed E-state index contributed by atoms with van der Waals surface area (Å²) in [7, 11) is 0. The van der Waals surface area contributed by atoms with Crippen molar-refractivity contribution in [3.05, 3.63) is 29.8 Å². The van der Waals surface area contributed by atoms with Crippen molar-refractivity contribution in [1.29, 1.82) is 0 Å². The van der Waals surface area contributed by atoms with Crippen molar-refractivity contribution in [1.82, 2.24) is 16.0 Å². The number of guanidine groups is 1. The van der Waals surface area contributed by atoms with Crippen molar-refractivity contribution in [3.8, 4) is 5.75 Å². The lowest BCUT2D eigenvalue weighted by Gasteiger charge is -2.23. The highest BCUT2D eigenvalue weighted by atomic mass is 16.5. The summed E-state index contributed by atoms with van der Waals surface area (Å²) < 4.78 is 5.75. The van der Waals surface area contributed by atoms with Gasteiger partial charge in [-0.25, -0.2) is 0 Å². The molecule has 1 aromatic rings. The highest BCUT2D eigenvalue weighted by Gasteiger charge is 2.24. The van der Waals surface area contributed by atoms with Crippen molar-refractivity contribution >= 4 is 11.9 Å². The Morgan fingerprint density at radius 1 is 1.17 bits per heavy atom. The Kier molecular flexibility index (Phi) is 9.81. The number of ether oxygens (including phenoxy) is 1. The van der Waals surface area contributed by atoms with Gasteiger partial charge in [0, 0.05) is 25.6 Å². The molecule has 2 rings (SSSR count). The number of amides is 1. The van der Waals surface area contributed by atoms with E-state index in [0.717, 1.165) is 44.1 Å². The van der Waals surface area contributed by atoms with Gasteiger partial charge >= 0.3 is 0 Å². The molecule has 29 heavy (non-hydrogen) atoms. The van der Waals surface area contributed by atoms with Crippen LogP contribution in [0.3, 0.4) is 0 Å². The van der Waals surface area contributed by atoms with Gasteiger partial charge in [-0.1, -0.05) is 32.4 Å². The average Bonchev–Trinajstić information content (AvgIpc) is 2.65. The van der Waals surface area contributed by atoms with E-state index in [9.17, 15) is 4.79 Å². The van der Waals surface area contributed by atoms with E-state index in [0.29, 0.717) is 19.0 Å². The SMILES string of the molecule is CCNC(=NCCCNC(=O)C1CCC1)NC(C)c1ccc(OCC(C)C)cc1. The first-order valence-electron chi connectivity index (χ1n) is 11.0. The Labute approximate surface area is 175 Å². The topological polar surface area (TPSA) is 74.8 Å². The Balaban J connectivity index is 1.76. The fraction of sp³-hybridized carbons (Fsp3) is 0.652. The maximum Gasteiger partial charge on any atom is 0.223 e. The van der Waals surface area contributed by atoms with Crippen LogP contribution in [0.15, 0.2) is 29.3 Å². The third-order valence-corrected chi connectivity index (χ3v) is 5.04. The molecule has 1 fully saturated rings. The summed E-state index contributed by atoms with van der Waals surface area (Å²) in [5.74, 6) is 2.67. The molecular weight excluding hydrogens is 364 g/mol. The predicted octanol–water partition coefficient (Wildman–Crippen LogP) is 3.64. The lowest BCUT2D eigenvalue weighted by Crippen LogP contribution is -2.39. The van der Waals surface area contributed by atoms with Gasteiger partial charge < -0.3 is 20.7 Å². The molecule has 0 heterocycles. The zero-order valence-electron chi connectivity index (χ0n) is 18.5. The highest BCUT2D eigenvalue weighted by Crippen LogP contribution is 2.26. The fourth-order valence-corrected chi connectivity index (χ4v) is 3.02. The molecule has 1 atom stereocenters. The zero-order chi connectivity index (χ0) is 21.1. The quantitative estimate of drug-likeness (QED) is 0.300. The number of nitrogens with one attached hydrogen (secondary N) is 3. The van der Waals surface area contributed by atoms with Gasteiger partial charge in [0.15, 0.2) is 5.96 Å². The van der Waals surface area contributed by atoms with E-state index in [-0.39, 0.29) is 17.9 Å². The van der Waals surface area contributed by atoms with Crippen LogP contribution in [-0.4, -0.2) is 38.1 Å². The summed E-state index contributed by atoms with van der Waals surface area (Å²) in [6.45, 7) is 11.4. The van der Waals surface area contributed by atoms with Gasteiger partial charge in [0.05, 0.1) is 12.6 Å². The number of hydrogen-bond acceptors (Lipinski definition) is 3. The van der Waals surface area contributed by atoms with E-state index in [4.69, 9.17) is 4.74 Å². The zero-order valence-corrected chi connectivity index (χ0v) is 18.5. The van der Waals surface area contributed by atoms with Crippen LogP contribution in [0.2, 0.25) is 0 Å². The second-order valence-corrected chi connectivity index (χ2v) is 8.17. The number of aliphatic imine (C=N–C) groups is 1. The van der Waals surface area contributed by atoms with Crippen LogP contribution in [0.4, 0.5) is 0 Å². The summed E-state index contributed by atoms with van der Waals surface area (Å²) in [5.41, 5.74) is 1.18. The van der Waals surface area contributed by atoms with Crippen LogP contribution in [0.25, 0.3) is 0 Å². The van der Waals surface area contributed by atoms with Gasteiger partial charge in [0.25, 0.3) is 0 Å². The van der Waals surface area contributed by atoms with Crippen molar-refractivity contribution in [2.24, 2.45) is 16.8 Å². The first kappa shape index (κ1) is 23.0. The Hall–Kier alpha value is -2.24. The first-order chi connectivity index (χ1) is 14.0. The molecule has 6 nitrogen and oxygen atoms in total. The maximum atomic E-state index is 11.8. The lowest BCUT2D eigenvalue weighted by atomic mass is 9.85. The third kappa shape index (κ3) is 8.34. The van der Waals surface area contributed by atoms with E-state index in [1.54, 1.807) is 0 Å². The van der Waals surface area contributed by atoms with E-state index in [2.05, 4.69) is 60.8 Å². The van der Waals surface area contributed by atoms with E-state index in [1.807, 2.05) is 12.1 Å². The molecule has 3 N–H and O–H groups in total. The molecule has 0 spiro atoms. The molecule has 1 amide bonds. The minimum atomic E-state index is 0.130.